The molecule has 0 aliphatic carbocycles. The maximum Gasteiger partial charge on any atom is 0.318 e. The average Bonchev–Trinajstić information content (AvgIpc) is 2.63. The van der Waals surface area contributed by atoms with Crippen molar-refractivity contribution in [2.75, 3.05) is 6.54 Å². The molecule has 2 amide bonds. The Morgan fingerprint density at radius 2 is 1.92 bits per heavy atom. The first-order valence-electron chi connectivity index (χ1n) is 8.66. The van der Waals surface area contributed by atoms with E-state index in [1.165, 1.54) is 12.1 Å². The van der Waals surface area contributed by atoms with Crippen molar-refractivity contribution in [1.82, 2.24) is 10.2 Å². The summed E-state index contributed by atoms with van der Waals surface area (Å²) in [5.74, 6) is -0.282. The fraction of sp³-hybridized carbons (Fsp3) is 0.286. The normalized spacial score (nSPS) is 21.2. The van der Waals surface area contributed by atoms with Gasteiger partial charge >= 0.3 is 6.03 Å². The molecule has 0 unspecified atom stereocenters. The van der Waals surface area contributed by atoms with Crippen LogP contribution in [0.4, 0.5) is 9.18 Å². The lowest BCUT2D eigenvalue weighted by Crippen LogP contribution is -2.58. The Balaban J connectivity index is 1.83. The van der Waals surface area contributed by atoms with E-state index in [9.17, 15) is 9.18 Å². The van der Waals surface area contributed by atoms with Gasteiger partial charge in [-0.3, -0.25) is 0 Å². The molecule has 0 radical (unpaired) electrons. The van der Waals surface area contributed by atoms with Crippen LogP contribution in [0.3, 0.4) is 0 Å². The van der Waals surface area contributed by atoms with Crippen molar-refractivity contribution >= 4 is 22.0 Å². The first-order chi connectivity index (χ1) is 12.4. The summed E-state index contributed by atoms with van der Waals surface area (Å²) in [4.78, 5) is 14.7. The van der Waals surface area contributed by atoms with Crippen LogP contribution in [0.5, 0.6) is 0 Å². The molecule has 0 bridgehead atoms. The molecule has 2 aromatic rings. The first kappa shape index (κ1) is 18.6. The molecule has 26 heavy (non-hydrogen) atoms. The van der Waals surface area contributed by atoms with E-state index < -0.39 is 5.54 Å². The summed E-state index contributed by atoms with van der Waals surface area (Å²) in [6, 6.07) is 14.2. The molecule has 136 valence electrons. The maximum atomic E-state index is 13.3. The van der Waals surface area contributed by atoms with Crippen LogP contribution in [0.25, 0.3) is 0 Å². The summed E-state index contributed by atoms with van der Waals surface area (Å²) < 4.78 is 14.3. The van der Waals surface area contributed by atoms with E-state index in [1.807, 2.05) is 36.1 Å². The number of rotatable bonds is 5. The Kier molecular flexibility index (Phi) is 5.47. The number of carbonyl (C=O) groups is 1. The van der Waals surface area contributed by atoms with E-state index >= 15 is 0 Å². The SMILES string of the molecule is C=CC[C@@]1(c2ccc(F)cc2)CCN([C@@H](C)c2ccc(Br)cc2)C(=O)N1. The number of nitrogens with zero attached hydrogens (tertiary/aromatic N) is 1. The van der Waals surface area contributed by atoms with Crippen molar-refractivity contribution in [2.45, 2.75) is 31.3 Å². The van der Waals surface area contributed by atoms with Gasteiger partial charge in [0.05, 0.1) is 11.6 Å². The van der Waals surface area contributed by atoms with Crippen LogP contribution in [0.2, 0.25) is 0 Å². The van der Waals surface area contributed by atoms with Crippen LogP contribution in [0.1, 0.15) is 36.9 Å². The van der Waals surface area contributed by atoms with Crippen LogP contribution in [0.15, 0.2) is 65.7 Å². The van der Waals surface area contributed by atoms with Crippen LogP contribution in [-0.4, -0.2) is 17.5 Å². The molecule has 3 nitrogen and oxygen atoms in total. The molecule has 0 aromatic heterocycles. The zero-order chi connectivity index (χ0) is 18.7. The summed E-state index contributed by atoms with van der Waals surface area (Å²) in [5, 5.41) is 3.16. The Morgan fingerprint density at radius 1 is 1.27 bits per heavy atom. The number of hydrogen-bond donors (Lipinski definition) is 1. The van der Waals surface area contributed by atoms with Crippen molar-refractivity contribution in [2.24, 2.45) is 0 Å². The number of carbonyl (C=O) groups excluding carboxylic acids is 1. The van der Waals surface area contributed by atoms with Gasteiger partial charge < -0.3 is 10.2 Å². The van der Waals surface area contributed by atoms with Crippen LogP contribution < -0.4 is 5.32 Å². The number of amides is 2. The number of halogens is 2. The zero-order valence-electron chi connectivity index (χ0n) is 14.7. The van der Waals surface area contributed by atoms with Gasteiger partial charge in [-0.2, -0.15) is 0 Å². The molecule has 1 heterocycles. The Hall–Kier alpha value is -2.14. The summed E-state index contributed by atoms with van der Waals surface area (Å²) >= 11 is 3.44. The average molecular weight is 417 g/mol. The minimum atomic E-state index is -0.539. The molecule has 5 heteroatoms. The van der Waals surface area contributed by atoms with Gasteiger partial charge in [0.2, 0.25) is 0 Å². The van der Waals surface area contributed by atoms with Crippen molar-refractivity contribution in [1.29, 1.82) is 0 Å². The Labute approximate surface area is 162 Å². The minimum absolute atomic E-state index is 0.0296. The Bertz CT molecular complexity index is 791. The maximum absolute atomic E-state index is 13.3. The molecule has 3 rings (SSSR count). The van der Waals surface area contributed by atoms with Gasteiger partial charge in [-0.05, 0) is 55.2 Å². The smallest absolute Gasteiger partial charge is 0.318 e. The second-order valence-electron chi connectivity index (χ2n) is 6.68. The van der Waals surface area contributed by atoms with Crippen molar-refractivity contribution in [3.63, 3.8) is 0 Å². The van der Waals surface area contributed by atoms with E-state index in [4.69, 9.17) is 0 Å². The highest BCUT2D eigenvalue weighted by atomic mass is 79.9. The third kappa shape index (κ3) is 3.68. The molecule has 2 aromatic carbocycles. The van der Waals surface area contributed by atoms with Gasteiger partial charge in [0.25, 0.3) is 0 Å². The van der Waals surface area contributed by atoms with Crippen molar-refractivity contribution in [3.8, 4) is 0 Å². The zero-order valence-corrected chi connectivity index (χ0v) is 16.3. The van der Waals surface area contributed by atoms with Crippen molar-refractivity contribution in [3.05, 3.63) is 82.6 Å². The largest absolute Gasteiger partial charge is 0.328 e. The van der Waals surface area contributed by atoms with Gasteiger partial charge in [-0.1, -0.05) is 46.3 Å². The highest BCUT2D eigenvalue weighted by Gasteiger charge is 2.40. The molecule has 1 aliphatic heterocycles. The predicted molar refractivity (Wildman–Crippen MR) is 105 cm³/mol. The lowest BCUT2D eigenvalue weighted by Gasteiger charge is -2.44. The summed E-state index contributed by atoms with van der Waals surface area (Å²) in [7, 11) is 0. The van der Waals surface area contributed by atoms with Crippen LogP contribution >= 0.6 is 15.9 Å². The van der Waals surface area contributed by atoms with E-state index in [0.29, 0.717) is 13.0 Å². The second kappa shape index (κ2) is 7.62. The topological polar surface area (TPSA) is 32.3 Å². The standard InChI is InChI=1S/C21H22BrFN2O/c1-3-12-21(17-6-10-19(23)11-7-17)13-14-25(20(26)24-21)15(2)16-4-8-18(22)9-5-16/h3-11,15H,1,12-14H2,2H3,(H,24,26)/t15-,21-/m0/s1. The molecule has 0 saturated carbocycles. The second-order valence-corrected chi connectivity index (χ2v) is 7.60. The monoisotopic (exact) mass is 416 g/mol. The molecule has 2 atom stereocenters. The molecule has 1 aliphatic rings. The molecule has 1 fully saturated rings. The molecule has 0 spiro atoms. The third-order valence-corrected chi connectivity index (χ3v) is 5.62. The number of hydrogen-bond acceptors (Lipinski definition) is 1. The Morgan fingerprint density at radius 3 is 2.50 bits per heavy atom. The number of benzene rings is 2. The van der Waals surface area contributed by atoms with Gasteiger partial charge in [-0.15, -0.1) is 6.58 Å². The number of urea groups is 1. The van der Waals surface area contributed by atoms with Crippen molar-refractivity contribution < 1.29 is 9.18 Å². The fourth-order valence-corrected chi connectivity index (χ4v) is 3.81. The molecular weight excluding hydrogens is 395 g/mol. The third-order valence-electron chi connectivity index (χ3n) is 5.10. The van der Waals surface area contributed by atoms with Crippen LogP contribution in [-0.2, 0) is 5.54 Å². The van der Waals surface area contributed by atoms with Gasteiger partial charge in [0, 0.05) is 11.0 Å². The van der Waals surface area contributed by atoms with Gasteiger partial charge in [0.15, 0.2) is 0 Å². The molecule has 1 saturated heterocycles. The lowest BCUT2D eigenvalue weighted by atomic mass is 9.81. The van der Waals surface area contributed by atoms with E-state index in [-0.39, 0.29) is 17.9 Å². The summed E-state index contributed by atoms with van der Waals surface area (Å²) in [6.45, 7) is 6.48. The number of nitrogens with one attached hydrogen (secondary N) is 1. The van der Waals surface area contributed by atoms with Gasteiger partial charge in [0.1, 0.15) is 5.82 Å². The van der Waals surface area contributed by atoms with Gasteiger partial charge in [-0.25, -0.2) is 9.18 Å². The van der Waals surface area contributed by atoms with E-state index in [1.54, 1.807) is 18.2 Å². The first-order valence-corrected chi connectivity index (χ1v) is 9.46. The van der Waals surface area contributed by atoms with E-state index in [2.05, 4.69) is 27.8 Å². The highest BCUT2D eigenvalue weighted by molar-refractivity contribution is 9.10. The summed E-state index contributed by atoms with van der Waals surface area (Å²) in [6.07, 6.45) is 3.14. The van der Waals surface area contributed by atoms with E-state index in [0.717, 1.165) is 22.0 Å². The molecule has 1 N–H and O–H groups in total. The molecular formula is C21H22BrFN2O. The highest BCUT2D eigenvalue weighted by Crippen LogP contribution is 2.35. The summed E-state index contributed by atoms with van der Waals surface area (Å²) in [5.41, 5.74) is 1.45. The van der Waals surface area contributed by atoms with Crippen LogP contribution in [0, 0.1) is 5.82 Å². The quantitative estimate of drug-likeness (QED) is 0.637. The lowest BCUT2D eigenvalue weighted by molar-refractivity contribution is 0.126. The predicted octanol–water partition coefficient (Wildman–Crippen LogP) is 5.54. The fourth-order valence-electron chi connectivity index (χ4n) is 3.55. The minimum Gasteiger partial charge on any atom is -0.328 e.